The molecule has 0 aliphatic rings. The van der Waals surface area contributed by atoms with E-state index in [1.165, 1.54) is 0 Å². The van der Waals surface area contributed by atoms with Gasteiger partial charge in [-0.15, -0.1) is 12.4 Å². The Morgan fingerprint density at radius 1 is 0.773 bits per heavy atom. The fraction of sp³-hybridized carbons (Fsp3) is 0. The van der Waals surface area contributed by atoms with Gasteiger partial charge in [-0.05, 0) is 24.3 Å². The first-order valence-electron chi connectivity index (χ1n) is 6.43. The van der Waals surface area contributed by atoms with Crippen molar-refractivity contribution in [3.63, 3.8) is 0 Å². The number of hydrogen-bond donors (Lipinski definition) is 2. The van der Waals surface area contributed by atoms with Gasteiger partial charge in [0.1, 0.15) is 0 Å². The van der Waals surface area contributed by atoms with Crippen LogP contribution in [0, 0.1) is 0 Å². The van der Waals surface area contributed by atoms with Crippen molar-refractivity contribution in [2.75, 3.05) is 10.5 Å². The molecule has 0 saturated heterocycles. The summed E-state index contributed by atoms with van der Waals surface area (Å²) in [6.07, 6.45) is 0. The molecule has 0 heterocycles. The molecule has 0 fully saturated rings. The maximum Gasteiger partial charge on any atom is 0.262 e. The van der Waals surface area contributed by atoms with Crippen molar-refractivity contribution >= 4 is 44.6 Å². The van der Waals surface area contributed by atoms with Crippen molar-refractivity contribution < 1.29 is 8.42 Å². The van der Waals surface area contributed by atoms with Crippen LogP contribution in [0.1, 0.15) is 0 Å². The molecule has 0 radical (unpaired) electrons. The number of nitrogens with two attached hydrogens (primary N) is 1. The zero-order valence-corrected chi connectivity index (χ0v) is 13.2. The smallest absolute Gasteiger partial charge is 0.262 e. The fourth-order valence-corrected chi connectivity index (χ4v) is 3.54. The van der Waals surface area contributed by atoms with Gasteiger partial charge in [0, 0.05) is 22.1 Å². The maximum absolute atomic E-state index is 12.6. The second kappa shape index (κ2) is 6.25. The van der Waals surface area contributed by atoms with Crippen LogP contribution in [-0.4, -0.2) is 8.42 Å². The van der Waals surface area contributed by atoms with Gasteiger partial charge in [-0.25, -0.2) is 8.42 Å². The SMILES string of the molecule is Cl.Nc1cccc2c(S(=O)(=O)Nc3ccccc3)cccc12. The average Bonchev–Trinajstić information content (AvgIpc) is 2.48. The second-order valence-corrected chi connectivity index (χ2v) is 6.32. The molecule has 3 N–H and O–H groups in total. The predicted octanol–water partition coefficient (Wildman–Crippen LogP) is 3.64. The van der Waals surface area contributed by atoms with Crippen molar-refractivity contribution in [3.8, 4) is 0 Å². The molecule has 0 saturated carbocycles. The van der Waals surface area contributed by atoms with Gasteiger partial charge in [-0.2, -0.15) is 0 Å². The Morgan fingerprint density at radius 2 is 1.41 bits per heavy atom. The molecule has 0 aromatic heterocycles. The number of para-hydroxylation sites is 1. The molecule has 0 bridgehead atoms. The summed E-state index contributed by atoms with van der Waals surface area (Å²) < 4.78 is 27.7. The first-order valence-corrected chi connectivity index (χ1v) is 7.91. The van der Waals surface area contributed by atoms with Crippen molar-refractivity contribution in [2.45, 2.75) is 4.90 Å². The molecule has 3 aromatic carbocycles. The lowest BCUT2D eigenvalue weighted by molar-refractivity contribution is 0.602. The summed E-state index contributed by atoms with van der Waals surface area (Å²) in [7, 11) is -3.66. The molecular weight excluding hydrogens is 320 g/mol. The highest BCUT2D eigenvalue weighted by Gasteiger charge is 2.17. The third kappa shape index (κ3) is 3.00. The van der Waals surface area contributed by atoms with E-state index in [2.05, 4.69) is 4.72 Å². The van der Waals surface area contributed by atoms with Gasteiger partial charge in [-0.1, -0.05) is 42.5 Å². The van der Waals surface area contributed by atoms with E-state index in [9.17, 15) is 8.42 Å². The molecule has 4 nitrogen and oxygen atoms in total. The van der Waals surface area contributed by atoms with E-state index in [-0.39, 0.29) is 17.3 Å². The zero-order valence-electron chi connectivity index (χ0n) is 11.6. The number of nitrogen functional groups attached to an aromatic ring is 1. The summed E-state index contributed by atoms with van der Waals surface area (Å²) in [5, 5.41) is 1.34. The highest BCUT2D eigenvalue weighted by Crippen LogP contribution is 2.28. The van der Waals surface area contributed by atoms with Crippen LogP contribution in [0.4, 0.5) is 11.4 Å². The van der Waals surface area contributed by atoms with Crippen molar-refractivity contribution in [1.82, 2.24) is 0 Å². The normalized spacial score (nSPS) is 10.9. The standard InChI is InChI=1S/C16H14N2O2S.ClH/c17-15-10-4-9-14-13(15)8-5-11-16(14)21(19,20)18-12-6-2-1-3-7-12;/h1-11,18H,17H2;1H. The van der Waals surface area contributed by atoms with Gasteiger partial charge >= 0.3 is 0 Å². The fourth-order valence-electron chi connectivity index (χ4n) is 2.26. The molecule has 0 aliphatic heterocycles. The average molecular weight is 335 g/mol. The minimum Gasteiger partial charge on any atom is -0.398 e. The van der Waals surface area contributed by atoms with Crippen LogP contribution in [0.3, 0.4) is 0 Å². The predicted molar refractivity (Wildman–Crippen MR) is 92.9 cm³/mol. The third-order valence-corrected chi connectivity index (χ3v) is 4.67. The van der Waals surface area contributed by atoms with E-state index < -0.39 is 10.0 Å². The summed E-state index contributed by atoms with van der Waals surface area (Å²) >= 11 is 0. The lowest BCUT2D eigenvalue weighted by Crippen LogP contribution is -2.13. The Hall–Kier alpha value is -2.24. The van der Waals surface area contributed by atoms with Crippen LogP contribution < -0.4 is 10.5 Å². The molecule has 0 amide bonds. The lowest BCUT2D eigenvalue weighted by atomic mass is 10.1. The minimum atomic E-state index is -3.66. The molecule has 0 aliphatic carbocycles. The van der Waals surface area contributed by atoms with E-state index in [1.807, 2.05) is 12.1 Å². The molecule has 0 spiro atoms. The topological polar surface area (TPSA) is 72.2 Å². The van der Waals surface area contributed by atoms with Gasteiger partial charge in [0.15, 0.2) is 0 Å². The number of sulfonamides is 1. The number of hydrogen-bond acceptors (Lipinski definition) is 3. The molecule has 6 heteroatoms. The highest BCUT2D eigenvalue weighted by molar-refractivity contribution is 7.93. The monoisotopic (exact) mass is 334 g/mol. The number of anilines is 2. The van der Waals surface area contributed by atoms with Crippen LogP contribution in [-0.2, 0) is 10.0 Å². The minimum absolute atomic E-state index is 0. The van der Waals surface area contributed by atoms with E-state index in [0.29, 0.717) is 16.8 Å². The van der Waals surface area contributed by atoms with Gasteiger partial charge < -0.3 is 5.73 Å². The van der Waals surface area contributed by atoms with Crippen LogP contribution in [0.5, 0.6) is 0 Å². The third-order valence-electron chi connectivity index (χ3n) is 3.23. The highest BCUT2D eigenvalue weighted by atomic mass is 35.5. The number of benzene rings is 3. The van der Waals surface area contributed by atoms with Gasteiger partial charge in [0.05, 0.1) is 4.90 Å². The van der Waals surface area contributed by atoms with Crippen molar-refractivity contribution in [1.29, 1.82) is 0 Å². The first kappa shape index (κ1) is 16.1. The molecule has 114 valence electrons. The number of nitrogens with one attached hydrogen (secondary N) is 1. The molecule has 3 rings (SSSR count). The quantitative estimate of drug-likeness (QED) is 0.718. The molecule has 0 unspecified atom stereocenters. The lowest BCUT2D eigenvalue weighted by Gasteiger charge is -2.11. The second-order valence-electron chi connectivity index (χ2n) is 4.67. The Balaban J connectivity index is 0.00000176. The Bertz CT molecular complexity index is 896. The number of halogens is 1. The Kier molecular flexibility index (Phi) is 4.59. The van der Waals surface area contributed by atoms with E-state index in [0.717, 1.165) is 5.39 Å². The largest absolute Gasteiger partial charge is 0.398 e. The summed E-state index contributed by atoms with van der Waals surface area (Å²) in [5.74, 6) is 0. The first-order chi connectivity index (χ1) is 10.1. The van der Waals surface area contributed by atoms with Crippen molar-refractivity contribution in [2.24, 2.45) is 0 Å². The van der Waals surface area contributed by atoms with E-state index in [1.54, 1.807) is 54.6 Å². The van der Waals surface area contributed by atoms with Crippen molar-refractivity contribution in [3.05, 3.63) is 66.7 Å². The zero-order chi connectivity index (χ0) is 14.9. The Labute approximate surface area is 135 Å². The molecule has 3 aromatic rings. The van der Waals surface area contributed by atoms with Crippen LogP contribution in [0.25, 0.3) is 10.8 Å². The summed E-state index contributed by atoms with van der Waals surface area (Å²) in [5.41, 5.74) is 6.99. The number of rotatable bonds is 3. The van der Waals surface area contributed by atoms with Crippen LogP contribution in [0.2, 0.25) is 0 Å². The van der Waals surface area contributed by atoms with E-state index >= 15 is 0 Å². The maximum atomic E-state index is 12.6. The van der Waals surface area contributed by atoms with Gasteiger partial charge in [0.2, 0.25) is 0 Å². The molecule has 0 atom stereocenters. The summed E-state index contributed by atoms with van der Waals surface area (Å²) in [4.78, 5) is 0.219. The molecule has 22 heavy (non-hydrogen) atoms. The van der Waals surface area contributed by atoms with E-state index in [4.69, 9.17) is 5.73 Å². The Morgan fingerprint density at radius 3 is 2.14 bits per heavy atom. The van der Waals surface area contributed by atoms with Crippen LogP contribution >= 0.6 is 12.4 Å². The van der Waals surface area contributed by atoms with Gasteiger partial charge in [-0.3, -0.25) is 4.72 Å². The summed E-state index contributed by atoms with van der Waals surface area (Å²) in [6, 6.07) is 19.1. The van der Waals surface area contributed by atoms with Gasteiger partial charge in [0.25, 0.3) is 10.0 Å². The van der Waals surface area contributed by atoms with Crippen LogP contribution in [0.15, 0.2) is 71.6 Å². The number of fused-ring (bicyclic) bond motifs is 1. The summed E-state index contributed by atoms with van der Waals surface area (Å²) in [6.45, 7) is 0. The molecular formula is C16H15ClN2O2S.